The Hall–Kier alpha value is -4.42. The van der Waals surface area contributed by atoms with E-state index < -0.39 is 16.3 Å². The number of carbonyl (C=O) groups is 1. The number of hydrogen-bond donors (Lipinski definition) is 4. The average molecular weight is 479 g/mol. The molecule has 12 heteroatoms. The summed E-state index contributed by atoms with van der Waals surface area (Å²) in [5.74, 6) is -1.10. The topological polar surface area (TPSA) is 160 Å². The average Bonchev–Trinajstić information content (AvgIpc) is 2.81. The van der Waals surface area contributed by atoms with Gasteiger partial charge in [-0.15, -0.1) is 0 Å². The summed E-state index contributed by atoms with van der Waals surface area (Å²) in [7, 11) is 0. The van der Waals surface area contributed by atoms with Crippen LogP contribution in [0.4, 0.5) is 11.4 Å². The van der Waals surface area contributed by atoms with Crippen molar-refractivity contribution < 1.29 is 19.9 Å². The van der Waals surface area contributed by atoms with Gasteiger partial charge in [-0.2, -0.15) is 0 Å². The van der Waals surface area contributed by atoms with Crippen LogP contribution in [-0.2, 0) is 6.54 Å². The van der Waals surface area contributed by atoms with Gasteiger partial charge in [-0.05, 0) is 36.5 Å². The van der Waals surface area contributed by atoms with Crippen LogP contribution < -0.4 is 16.1 Å². The maximum atomic E-state index is 13.2. The van der Waals surface area contributed by atoms with Crippen LogP contribution in [0, 0.1) is 10.1 Å². The number of fused-ring (bicyclic) bond motifs is 3. The molecule has 0 bridgehead atoms. The van der Waals surface area contributed by atoms with E-state index in [1.807, 2.05) is 0 Å². The molecule has 34 heavy (non-hydrogen) atoms. The zero-order valence-corrected chi connectivity index (χ0v) is 18.2. The number of phenols is 1. The lowest BCUT2D eigenvalue weighted by Gasteiger charge is -2.15. The zero-order chi connectivity index (χ0) is 24.4. The van der Waals surface area contributed by atoms with Crippen molar-refractivity contribution in [3.05, 3.63) is 80.8 Å². The van der Waals surface area contributed by atoms with E-state index in [2.05, 4.69) is 15.6 Å². The maximum absolute atomic E-state index is 13.2. The number of aromatic hydroxyl groups is 1. The summed E-state index contributed by atoms with van der Waals surface area (Å²) in [5, 5.41) is 36.3. The van der Waals surface area contributed by atoms with Crippen molar-refractivity contribution in [3.8, 4) is 5.75 Å². The van der Waals surface area contributed by atoms with Gasteiger partial charge < -0.3 is 20.1 Å². The van der Waals surface area contributed by atoms with E-state index in [4.69, 9.17) is 12.2 Å². The number of rotatable bonds is 5. The first kappa shape index (κ1) is 22.8. The first-order chi connectivity index (χ1) is 16.3. The van der Waals surface area contributed by atoms with E-state index in [0.29, 0.717) is 10.9 Å². The molecule has 0 atom stereocenters. The van der Waals surface area contributed by atoms with E-state index in [1.54, 1.807) is 18.2 Å². The molecular formula is C22H17N5O6S. The van der Waals surface area contributed by atoms with Crippen molar-refractivity contribution in [2.45, 2.75) is 6.54 Å². The lowest BCUT2D eigenvalue weighted by atomic mass is 10.1. The number of nitro groups is 1. The van der Waals surface area contributed by atoms with Crippen LogP contribution in [0.2, 0.25) is 0 Å². The Labute approximate surface area is 196 Å². The van der Waals surface area contributed by atoms with Crippen LogP contribution in [0.25, 0.3) is 21.8 Å². The van der Waals surface area contributed by atoms with Gasteiger partial charge in [-0.3, -0.25) is 30.0 Å². The summed E-state index contributed by atoms with van der Waals surface area (Å²) < 4.78 is 1.52. The summed E-state index contributed by atoms with van der Waals surface area (Å²) in [6, 6.07) is 10.3. The van der Waals surface area contributed by atoms with Crippen molar-refractivity contribution in [2.75, 3.05) is 11.9 Å². The summed E-state index contributed by atoms with van der Waals surface area (Å²) in [5.41, 5.74) is -0.472. The number of nitro benzene ring substituents is 1. The molecule has 172 valence electrons. The van der Waals surface area contributed by atoms with Gasteiger partial charge in [0.25, 0.3) is 11.6 Å². The second-order valence-corrected chi connectivity index (χ2v) is 7.57. The van der Waals surface area contributed by atoms with Crippen molar-refractivity contribution in [1.29, 1.82) is 0 Å². The summed E-state index contributed by atoms with van der Waals surface area (Å²) in [6.07, 6.45) is 2.78. The second kappa shape index (κ2) is 9.21. The third-order valence-corrected chi connectivity index (χ3v) is 5.27. The molecule has 0 saturated carbocycles. The fourth-order valence-electron chi connectivity index (χ4n) is 3.63. The molecule has 0 unspecified atom stereocenters. The molecule has 4 rings (SSSR count). The fourth-order valence-corrected chi connectivity index (χ4v) is 3.84. The number of benzene rings is 2. The van der Waals surface area contributed by atoms with Gasteiger partial charge in [0.1, 0.15) is 22.5 Å². The standard InChI is InChI=1S/C22H17N5O6S/c28-9-8-26-11-14(20(30)13-10-17(29)18-12(19(13)26)4-3-7-23-18)21(31)25-22(34)24-15-5-1-2-6-16(15)27(32)33/h1-7,10-11,28-29H,8-9H2,(H2,24,25,31,34). The highest BCUT2D eigenvalue weighted by Gasteiger charge is 2.21. The van der Waals surface area contributed by atoms with Crippen LogP contribution in [0.15, 0.2) is 59.7 Å². The molecule has 0 spiro atoms. The quantitative estimate of drug-likeness (QED) is 0.146. The van der Waals surface area contributed by atoms with E-state index in [1.165, 1.54) is 41.2 Å². The van der Waals surface area contributed by atoms with Crippen molar-refractivity contribution >= 4 is 56.4 Å². The molecule has 0 fully saturated rings. The molecule has 0 radical (unpaired) electrons. The Morgan fingerprint density at radius 1 is 1.21 bits per heavy atom. The summed E-state index contributed by atoms with van der Waals surface area (Å²) in [4.78, 5) is 40.8. The lowest BCUT2D eigenvalue weighted by molar-refractivity contribution is -0.383. The molecule has 0 saturated heterocycles. The zero-order valence-electron chi connectivity index (χ0n) is 17.4. The van der Waals surface area contributed by atoms with Gasteiger partial charge >= 0.3 is 0 Å². The number of phenolic OH excluding ortho intramolecular Hbond substituents is 1. The Balaban J connectivity index is 1.74. The molecular weight excluding hydrogens is 462 g/mol. The van der Waals surface area contributed by atoms with E-state index in [0.717, 1.165) is 0 Å². The third kappa shape index (κ3) is 4.14. The number of para-hydroxylation sites is 2. The minimum absolute atomic E-state index is 0.0525. The van der Waals surface area contributed by atoms with Crippen LogP contribution in [0.3, 0.4) is 0 Å². The number of nitrogens with zero attached hydrogens (tertiary/aromatic N) is 3. The molecule has 4 aromatic rings. The summed E-state index contributed by atoms with van der Waals surface area (Å²) >= 11 is 5.10. The first-order valence-corrected chi connectivity index (χ1v) is 10.3. The molecule has 0 aliphatic rings. The lowest BCUT2D eigenvalue weighted by Crippen LogP contribution is -2.37. The van der Waals surface area contributed by atoms with Crippen LogP contribution in [0.5, 0.6) is 5.75 Å². The molecule has 1 amide bonds. The van der Waals surface area contributed by atoms with E-state index in [9.17, 15) is 29.9 Å². The Morgan fingerprint density at radius 2 is 1.97 bits per heavy atom. The normalized spacial score (nSPS) is 10.9. The molecule has 0 aliphatic carbocycles. The van der Waals surface area contributed by atoms with Crippen molar-refractivity contribution in [3.63, 3.8) is 0 Å². The molecule has 11 nitrogen and oxygen atoms in total. The van der Waals surface area contributed by atoms with E-state index in [-0.39, 0.29) is 51.9 Å². The van der Waals surface area contributed by atoms with Gasteiger partial charge in [0.05, 0.1) is 22.4 Å². The third-order valence-electron chi connectivity index (χ3n) is 5.06. The molecule has 2 aromatic heterocycles. The van der Waals surface area contributed by atoms with Crippen LogP contribution >= 0.6 is 12.2 Å². The Kier molecular flexibility index (Phi) is 6.17. The van der Waals surface area contributed by atoms with Crippen molar-refractivity contribution in [2.24, 2.45) is 0 Å². The number of pyridine rings is 2. The van der Waals surface area contributed by atoms with E-state index >= 15 is 0 Å². The number of amides is 1. The molecule has 2 heterocycles. The second-order valence-electron chi connectivity index (χ2n) is 7.16. The first-order valence-electron chi connectivity index (χ1n) is 9.92. The highest BCUT2D eigenvalue weighted by Crippen LogP contribution is 2.30. The largest absolute Gasteiger partial charge is 0.506 e. The minimum atomic E-state index is -0.861. The molecule has 2 aromatic carbocycles. The van der Waals surface area contributed by atoms with Gasteiger partial charge in [-0.1, -0.05) is 12.1 Å². The number of anilines is 1. The Bertz CT molecular complexity index is 1530. The smallest absolute Gasteiger partial charge is 0.292 e. The number of carbonyl (C=O) groups excluding carboxylic acids is 1. The predicted molar refractivity (Wildman–Crippen MR) is 129 cm³/mol. The molecule has 4 N–H and O–H groups in total. The monoisotopic (exact) mass is 479 g/mol. The number of nitrogens with one attached hydrogen (secondary N) is 2. The maximum Gasteiger partial charge on any atom is 0.292 e. The number of aliphatic hydroxyl groups excluding tert-OH is 1. The summed E-state index contributed by atoms with van der Waals surface area (Å²) in [6.45, 7) is -0.218. The number of thiocarbonyl (C=S) groups is 1. The van der Waals surface area contributed by atoms with Gasteiger partial charge in [0.2, 0.25) is 5.43 Å². The predicted octanol–water partition coefficient (Wildman–Crippen LogP) is 2.28. The highest BCUT2D eigenvalue weighted by molar-refractivity contribution is 7.80. The highest BCUT2D eigenvalue weighted by atomic mass is 32.1. The SMILES string of the molecule is O=C(NC(=S)Nc1ccccc1[N+](=O)[O-])c1cn(CCO)c2c(cc(O)c3ncccc32)c1=O. The number of aromatic nitrogens is 2. The van der Waals surface area contributed by atoms with Crippen molar-refractivity contribution in [1.82, 2.24) is 14.9 Å². The van der Waals surface area contributed by atoms with Gasteiger partial charge in [0.15, 0.2) is 5.11 Å². The fraction of sp³-hybridized carbons (Fsp3) is 0.0909. The van der Waals surface area contributed by atoms with Crippen LogP contribution in [-0.4, -0.2) is 42.3 Å². The van der Waals surface area contributed by atoms with Gasteiger partial charge in [-0.25, -0.2) is 0 Å². The number of hydrogen-bond acceptors (Lipinski definition) is 8. The van der Waals surface area contributed by atoms with Crippen LogP contribution in [0.1, 0.15) is 10.4 Å². The Morgan fingerprint density at radius 3 is 2.71 bits per heavy atom. The minimum Gasteiger partial charge on any atom is -0.506 e. The molecule has 0 aliphatic heterocycles. The van der Waals surface area contributed by atoms with Gasteiger partial charge in [0, 0.05) is 30.4 Å². The number of aliphatic hydroxyl groups is 1.